The van der Waals surface area contributed by atoms with E-state index in [1.54, 1.807) is 42.5 Å². The molecule has 3 rings (SSSR count). The Morgan fingerprint density at radius 1 is 0.867 bits per heavy atom. The van der Waals surface area contributed by atoms with Crippen molar-refractivity contribution in [1.82, 2.24) is 5.32 Å². The summed E-state index contributed by atoms with van der Waals surface area (Å²) < 4.78 is 27.7. The molecule has 2 N–H and O–H groups in total. The molecule has 6 heteroatoms. The van der Waals surface area contributed by atoms with Crippen LogP contribution in [0.1, 0.15) is 45.6 Å². The monoisotopic (exact) mass is 422 g/mol. The summed E-state index contributed by atoms with van der Waals surface area (Å²) >= 11 is 0. The van der Waals surface area contributed by atoms with Gasteiger partial charge in [0, 0.05) is 11.3 Å². The van der Waals surface area contributed by atoms with Gasteiger partial charge in [-0.05, 0) is 74.7 Å². The molecule has 0 aliphatic rings. The molecule has 0 radical (unpaired) electrons. The van der Waals surface area contributed by atoms with Crippen LogP contribution < -0.4 is 10.0 Å². The van der Waals surface area contributed by atoms with E-state index in [1.165, 1.54) is 17.2 Å². The fourth-order valence-corrected chi connectivity index (χ4v) is 4.10. The minimum absolute atomic E-state index is 0.173. The number of hydrogen-bond donors (Lipinski definition) is 2. The molecular formula is C24H26N2O3S. The highest BCUT2D eigenvalue weighted by Crippen LogP contribution is 2.20. The lowest BCUT2D eigenvalue weighted by Gasteiger charge is -2.16. The molecule has 156 valence electrons. The van der Waals surface area contributed by atoms with Gasteiger partial charge in [0.05, 0.1) is 10.9 Å². The van der Waals surface area contributed by atoms with Gasteiger partial charge in [0.1, 0.15) is 0 Å². The summed E-state index contributed by atoms with van der Waals surface area (Å²) in [6, 6.07) is 19.0. The molecule has 3 aromatic carbocycles. The van der Waals surface area contributed by atoms with E-state index in [-0.39, 0.29) is 16.8 Å². The third-order valence-corrected chi connectivity index (χ3v) is 6.48. The van der Waals surface area contributed by atoms with E-state index in [2.05, 4.69) is 16.1 Å². The van der Waals surface area contributed by atoms with E-state index in [4.69, 9.17) is 0 Å². The maximum Gasteiger partial charge on any atom is 0.261 e. The summed E-state index contributed by atoms with van der Waals surface area (Å²) in [4.78, 5) is 12.9. The molecule has 0 saturated carbocycles. The SMILES string of the molecule is Cc1ccc(S(=O)(=O)Nc2cccc(C(=O)N[C@@H](C)c3ccc(C)c(C)c3)c2)cc1. The first-order valence-corrected chi connectivity index (χ1v) is 11.2. The van der Waals surface area contributed by atoms with Crippen LogP contribution in [0.4, 0.5) is 5.69 Å². The van der Waals surface area contributed by atoms with Gasteiger partial charge in [-0.15, -0.1) is 0 Å². The van der Waals surface area contributed by atoms with E-state index in [1.807, 2.05) is 39.8 Å². The first-order chi connectivity index (χ1) is 14.2. The first kappa shape index (κ1) is 21.6. The summed E-state index contributed by atoms with van der Waals surface area (Å²) in [5, 5.41) is 2.97. The number of carbonyl (C=O) groups excluding carboxylic acids is 1. The van der Waals surface area contributed by atoms with Gasteiger partial charge in [-0.3, -0.25) is 9.52 Å². The van der Waals surface area contributed by atoms with Crippen LogP contribution in [-0.2, 0) is 10.0 Å². The molecule has 0 aliphatic heterocycles. The quantitative estimate of drug-likeness (QED) is 0.593. The van der Waals surface area contributed by atoms with Crippen LogP contribution >= 0.6 is 0 Å². The van der Waals surface area contributed by atoms with Crippen molar-refractivity contribution in [3.8, 4) is 0 Å². The normalized spacial score (nSPS) is 12.3. The minimum atomic E-state index is -3.73. The summed E-state index contributed by atoms with van der Waals surface area (Å²) in [7, 11) is -3.73. The third kappa shape index (κ3) is 5.07. The van der Waals surface area contributed by atoms with E-state index < -0.39 is 10.0 Å². The van der Waals surface area contributed by atoms with Crippen molar-refractivity contribution in [2.75, 3.05) is 4.72 Å². The van der Waals surface area contributed by atoms with Gasteiger partial charge >= 0.3 is 0 Å². The second kappa shape index (κ2) is 8.71. The number of sulfonamides is 1. The number of rotatable bonds is 6. The lowest BCUT2D eigenvalue weighted by molar-refractivity contribution is 0.0940. The zero-order valence-electron chi connectivity index (χ0n) is 17.6. The van der Waals surface area contributed by atoms with Crippen LogP contribution in [-0.4, -0.2) is 14.3 Å². The topological polar surface area (TPSA) is 75.3 Å². The molecule has 0 spiro atoms. The largest absolute Gasteiger partial charge is 0.346 e. The lowest BCUT2D eigenvalue weighted by atomic mass is 10.0. The molecule has 1 amide bonds. The van der Waals surface area contributed by atoms with Gasteiger partial charge in [0.15, 0.2) is 0 Å². The predicted molar refractivity (Wildman–Crippen MR) is 120 cm³/mol. The number of aryl methyl sites for hydroxylation is 3. The zero-order chi connectivity index (χ0) is 21.9. The van der Waals surface area contributed by atoms with E-state index in [0.29, 0.717) is 11.3 Å². The average Bonchev–Trinajstić information content (AvgIpc) is 2.70. The van der Waals surface area contributed by atoms with Crippen LogP contribution in [0.3, 0.4) is 0 Å². The summed E-state index contributed by atoms with van der Waals surface area (Å²) in [6.07, 6.45) is 0. The molecule has 5 nitrogen and oxygen atoms in total. The van der Waals surface area contributed by atoms with Crippen molar-refractivity contribution in [2.45, 2.75) is 38.6 Å². The molecule has 0 bridgehead atoms. The highest BCUT2D eigenvalue weighted by atomic mass is 32.2. The van der Waals surface area contributed by atoms with Gasteiger partial charge in [-0.1, -0.05) is 42.0 Å². The molecule has 0 aliphatic carbocycles. The maximum absolute atomic E-state index is 12.7. The lowest BCUT2D eigenvalue weighted by Crippen LogP contribution is -2.26. The highest BCUT2D eigenvalue weighted by Gasteiger charge is 2.16. The second-order valence-corrected chi connectivity index (χ2v) is 9.22. The molecule has 0 heterocycles. The fraction of sp³-hybridized carbons (Fsp3) is 0.208. The van der Waals surface area contributed by atoms with E-state index >= 15 is 0 Å². The Morgan fingerprint density at radius 3 is 2.23 bits per heavy atom. The number of carbonyl (C=O) groups is 1. The van der Waals surface area contributed by atoms with Crippen molar-refractivity contribution in [3.05, 3.63) is 94.5 Å². The second-order valence-electron chi connectivity index (χ2n) is 7.54. The Morgan fingerprint density at radius 2 is 1.57 bits per heavy atom. The number of amides is 1. The Balaban J connectivity index is 1.75. The molecular weight excluding hydrogens is 396 g/mol. The number of hydrogen-bond acceptors (Lipinski definition) is 3. The van der Waals surface area contributed by atoms with Crippen LogP contribution in [0.15, 0.2) is 71.6 Å². The Labute approximate surface area is 178 Å². The first-order valence-electron chi connectivity index (χ1n) is 9.73. The smallest absolute Gasteiger partial charge is 0.261 e. The van der Waals surface area contributed by atoms with Crippen molar-refractivity contribution in [3.63, 3.8) is 0 Å². The summed E-state index contributed by atoms with van der Waals surface area (Å²) in [5.74, 6) is -0.267. The van der Waals surface area contributed by atoms with E-state index in [0.717, 1.165) is 11.1 Å². The third-order valence-electron chi connectivity index (χ3n) is 5.09. The van der Waals surface area contributed by atoms with E-state index in [9.17, 15) is 13.2 Å². The van der Waals surface area contributed by atoms with Gasteiger partial charge in [0.25, 0.3) is 15.9 Å². The molecule has 0 saturated heterocycles. The number of anilines is 1. The fourth-order valence-electron chi connectivity index (χ4n) is 3.05. The van der Waals surface area contributed by atoms with Crippen LogP contribution in [0, 0.1) is 20.8 Å². The van der Waals surface area contributed by atoms with Crippen LogP contribution in [0.2, 0.25) is 0 Å². The van der Waals surface area contributed by atoms with Crippen molar-refractivity contribution in [2.24, 2.45) is 0 Å². The molecule has 0 fully saturated rings. The molecule has 0 unspecified atom stereocenters. The molecule has 1 atom stereocenters. The standard InChI is InChI=1S/C24H26N2O3S/c1-16-8-12-23(13-9-16)30(28,29)26-22-7-5-6-21(15-22)24(27)25-19(4)20-11-10-17(2)18(3)14-20/h5-15,19,26H,1-4H3,(H,25,27)/t19-/m0/s1. The van der Waals surface area contributed by atoms with Gasteiger partial charge in [0.2, 0.25) is 0 Å². The van der Waals surface area contributed by atoms with Gasteiger partial charge in [-0.25, -0.2) is 8.42 Å². The van der Waals surface area contributed by atoms with Crippen LogP contribution in [0.25, 0.3) is 0 Å². The van der Waals surface area contributed by atoms with Crippen molar-refractivity contribution in [1.29, 1.82) is 0 Å². The minimum Gasteiger partial charge on any atom is -0.346 e. The summed E-state index contributed by atoms with van der Waals surface area (Å²) in [6.45, 7) is 7.90. The number of nitrogens with one attached hydrogen (secondary N) is 2. The van der Waals surface area contributed by atoms with Crippen molar-refractivity contribution >= 4 is 21.6 Å². The Hall–Kier alpha value is -3.12. The van der Waals surface area contributed by atoms with Gasteiger partial charge < -0.3 is 5.32 Å². The zero-order valence-corrected chi connectivity index (χ0v) is 18.4. The Bertz CT molecular complexity index is 1170. The molecule has 3 aromatic rings. The number of benzene rings is 3. The predicted octanol–water partition coefficient (Wildman–Crippen LogP) is 4.90. The van der Waals surface area contributed by atoms with Gasteiger partial charge in [-0.2, -0.15) is 0 Å². The highest BCUT2D eigenvalue weighted by molar-refractivity contribution is 7.92. The average molecular weight is 423 g/mol. The van der Waals surface area contributed by atoms with Crippen molar-refractivity contribution < 1.29 is 13.2 Å². The maximum atomic E-state index is 12.7. The summed E-state index contributed by atoms with van der Waals surface area (Å²) in [5.41, 5.74) is 5.08. The van der Waals surface area contributed by atoms with Crippen LogP contribution in [0.5, 0.6) is 0 Å². The Kier molecular flexibility index (Phi) is 6.27. The molecule has 30 heavy (non-hydrogen) atoms. The molecule has 0 aromatic heterocycles.